The van der Waals surface area contributed by atoms with Gasteiger partial charge in [0.25, 0.3) is 0 Å². The third-order valence-electron chi connectivity index (χ3n) is 6.86. The zero-order valence-electron chi connectivity index (χ0n) is 24.8. The van der Waals surface area contributed by atoms with Gasteiger partial charge in [0.1, 0.15) is 36.2 Å². The van der Waals surface area contributed by atoms with Crippen molar-refractivity contribution >= 4 is 40.1 Å². The van der Waals surface area contributed by atoms with Gasteiger partial charge in [-0.15, -0.1) is 0 Å². The number of nitrogens with one attached hydrogen (secondary N) is 1. The summed E-state index contributed by atoms with van der Waals surface area (Å²) < 4.78 is 23.5. The van der Waals surface area contributed by atoms with Crippen molar-refractivity contribution < 1.29 is 23.7 Å². The van der Waals surface area contributed by atoms with Crippen molar-refractivity contribution in [2.45, 2.75) is 64.9 Å². The molecule has 2 aromatic carbocycles. The molecule has 1 aliphatic heterocycles. The van der Waals surface area contributed by atoms with Crippen LogP contribution in [0.25, 0.3) is 10.9 Å². The van der Waals surface area contributed by atoms with Crippen molar-refractivity contribution in [1.29, 1.82) is 0 Å². The lowest BCUT2D eigenvalue weighted by Gasteiger charge is -2.38. The van der Waals surface area contributed by atoms with Crippen molar-refractivity contribution in [3.63, 3.8) is 0 Å². The van der Waals surface area contributed by atoms with Crippen LogP contribution in [0.4, 0.5) is 16.3 Å². The molecule has 0 radical (unpaired) electrons. The number of ether oxygens (including phenoxy) is 4. The first kappa shape index (κ1) is 30.1. The molecule has 226 valence electrons. The summed E-state index contributed by atoms with van der Waals surface area (Å²) in [5.74, 6) is 2.24. The van der Waals surface area contributed by atoms with E-state index in [1.54, 1.807) is 42.7 Å². The number of halogens is 1. The van der Waals surface area contributed by atoms with E-state index in [2.05, 4.69) is 25.3 Å². The predicted molar refractivity (Wildman–Crippen MR) is 163 cm³/mol. The fourth-order valence-electron chi connectivity index (χ4n) is 4.81. The molecule has 2 aromatic heterocycles. The van der Waals surface area contributed by atoms with Crippen molar-refractivity contribution in [2.24, 2.45) is 0 Å². The fraction of sp³-hybridized carbons (Fsp3) is 0.387. The van der Waals surface area contributed by atoms with Crippen LogP contribution in [0, 0.1) is 0 Å². The van der Waals surface area contributed by atoms with Crippen LogP contribution in [0.3, 0.4) is 0 Å². The summed E-state index contributed by atoms with van der Waals surface area (Å²) in [6, 6.07) is 9.06. The largest absolute Gasteiger partial charge is 0.493 e. The number of benzene rings is 2. The second-order valence-corrected chi connectivity index (χ2v) is 11.7. The molecule has 0 aliphatic carbocycles. The Bertz CT molecular complexity index is 1580. The normalized spacial score (nSPS) is 16.9. The molecule has 0 saturated carbocycles. The van der Waals surface area contributed by atoms with Gasteiger partial charge in [-0.25, -0.2) is 14.8 Å². The number of likely N-dealkylation sites (tertiary alicyclic amines) is 1. The van der Waals surface area contributed by atoms with Gasteiger partial charge in [0.2, 0.25) is 0 Å². The Balaban J connectivity index is 1.31. The molecule has 0 bridgehead atoms. The monoisotopic (exact) mass is 606 g/mol. The highest BCUT2D eigenvalue weighted by molar-refractivity contribution is 6.32. The van der Waals surface area contributed by atoms with Crippen LogP contribution in [0.2, 0.25) is 5.02 Å². The van der Waals surface area contributed by atoms with E-state index in [0.29, 0.717) is 58.7 Å². The van der Waals surface area contributed by atoms with Gasteiger partial charge in [-0.1, -0.05) is 11.6 Å². The van der Waals surface area contributed by atoms with E-state index in [9.17, 15) is 4.79 Å². The Morgan fingerprint density at radius 3 is 2.63 bits per heavy atom. The third-order valence-corrected chi connectivity index (χ3v) is 7.15. The van der Waals surface area contributed by atoms with Gasteiger partial charge < -0.3 is 29.2 Å². The number of rotatable bonds is 8. The number of amides is 1. The van der Waals surface area contributed by atoms with Crippen molar-refractivity contribution in [2.75, 3.05) is 19.0 Å². The molecule has 4 aromatic rings. The van der Waals surface area contributed by atoms with Crippen molar-refractivity contribution in [3.8, 4) is 17.2 Å². The molecule has 2 unspecified atom stereocenters. The van der Waals surface area contributed by atoms with Gasteiger partial charge in [-0.05, 0) is 52.0 Å². The lowest BCUT2D eigenvalue weighted by Crippen LogP contribution is -2.49. The van der Waals surface area contributed by atoms with E-state index in [4.69, 9.17) is 30.5 Å². The number of carbonyl (C=O) groups excluding carboxylic acids is 1. The Morgan fingerprint density at radius 2 is 1.93 bits per heavy atom. The second kappa shape index (κ2) is 12.9. The zero-order chi connectivity index (χ0) is 30.6. The average Bonchev–Trinajstić information content (AvgIpc) is 2.96. The van der Waals surface area contributed by atoms with E-state index < -0.39 is 5.60 Å². The Labute approximate surface area is 255 Å². The summed E-state index contributed by atoms with van der Waals surface area (Å²) in [6.45, 7) is 8.39. The molecular formula is C31H35ClN6O5. The highest BCUT2D eigenvalue weighted by Gasteiger charge is 2.33. The lowest BCUT2D eigenvalue weighted by molar-refractivity contribution is -0.00128. The Hall–Kier alpha value is -4.38. The molecule has 12 heteroatoms. The van der Waals surface area contributed by atoms with Crippen molar-refractivity contribution in [1.82, 2.24) is 24.8 Å². The summed E-state index contributed by atoms with van der Waals surface area (Å²) in [4.78, 5) is 31.6. The molecule has 0 spiro atoms. The number of methoxy groups -OCH3 is 1. The SMILES string of the molecule is COc1cc2ncnc(Nc3ccc(OCc4cnccn4)c(Cl)c3)c2cc1OC1CCN(C(=O)OC(C)(C)C)C(C)C1. The number of hydrogen-bond donors (Lipinski definition) is 1. The van der Waals surface area contributed by atoms with Crippen LogP contribution in [-0.4, -0.2) is 62.3 Å². The summed E-state index contributed by atoms with van der Waals surface area (Å²) in [5, 5.41) is 4.51. The Morgan fingerprint density at radius 1 is 1.09 bits per heavy atom. The zero-order valence-corrected chi connectivity index (χ0v) is 25.6. The highest BCUT2D eigenvalue weighted by atomic mass is 35.5. The number of nitrogens with zero attached hydrogens (tertiary/aromatic N) is 5. The summed E-state index contributed by atoms with van der Waals surface area (Å²) in [7, 11) is 1.60. The maximum Gasteiger partial charge on any atom is 0.410 e. The van der Waals surface area contributed by atoms with E-state index in [0.717, 1.165) is 11.1 Å². The lowest BCUT2D eigenvalue weighted by atomic mass is 10.0. The fourth-order valence-corrected chi connectivity index (χ4v) is 5.05. The average molecular weight is 607 g/mol. The predicted octanol–water partition coefficient (Wildman–Crippen LogP) is 6.57. The first-order valence-electron chi connectivity index (χ1n) is 14.0. The van der Waals surface area contributed by atoms with Gasteiger partial charge >= 0.3 is 6.09 Å². The topological polar surface area (TPSA) is 121 Å². The smallest absolute Gasteiger partial charge is 0.410 e. The molecule has 3 heterocycles. The molecule has 5 rings (SSSR count). The van der Waals surface area contributed by atoms with Crippen LogP contribution in [0.1, 0.15) is 46.2 Å². The van der Waals surface area contributed by atoms with E-state index >= 15 is 0 Å². The minimum Gasteiger partial charge on any atom is -0.493 e. The highest BCUT2D eigenvalue weighted by Crippen LogP contribution is 2.37. The molecule has 1 aliphatic rings. The number of fused-ring (bicyclic) bond motifs is 1. The first-order chi connectivity index (χ1) is 20.6. The summed E-state index contributed by atoms with van der Waals surface area (Å²) >= 11 is 6.52. The van der Waals surface area contributed by atoms with Gasteiger partial charge in [-0.3, -0.25) is 9.97 Å². The molecule has 2 atom stereocenters. The number of anilines is 2. The molecule has 11 nitrogen and oxygen atoms in total. The summed E-state index contributed by atoms with van der Waals surface area (Å²) in [6.07, 6.45) is 7.24. The van der Waals surface area contributed by atoms with Crippen LogP contribution < -0.4 is 19.5 Å². The van der Waals surface area contributed by atoms with Crippen LogP contribution in [0.5, 0.6) is 17.2 Å². The number of carbonyl (C=O) groups is 1. The van der Waals surface area contributed by atoms with Gasteiger partial charge in [0.05, 0.1) is 29.5 Å². The van der Waals surface area contributed by atoms with Crippen LogP contribution in [-0.2, 0) is 11.3 Å². The molecule has 1 amide bonds. The third kappa shape index (κ3) is 7.53. The first-order valence-corrected chi connectivity index (χ1v) is 14.4. The van der Waals surface area contributed by atoms with Crippen LogP contribution in [0.15, 0.2) is 55.2 Å². The minimum atomic E-state index is -0.546. The molecule has 1 N–H and O–H groups in total. The quantitative estimate of drug-likeness (QED) is 0.236. The van der Waals surface area contributed by atoms with Gasteiger partial charge in [0, 0.05) is 55.0 Å². The molecule has 1 saturated heterocycles. The Kier molecular flexibility index (Phi) is 9.00. The van der Waals surface area contributed by atoms with E-state index in [1.807, 2.05) is 45.9 Å². The maximum atomic E-state index is 12.7. The molecule has 1 fully saturated rings. The number of piperidine rings is 1. The number of hydrogen-bond acceptors (Lipinski definition) is 10. The van der Waals surface area contributed by atoms with Crippen molar-refractivity contribution in [3.05, 3.63) is 66.0 Å². The van der Waals surface area contributed by atoms with Gasteiger partial charge in [0.15, 0.2) is 11.5 Å². The molecule has 43 heavy (non-hydrogen) atoms. The summed E-state index contributed by atoms with van der Waals surface area (Å²) in [5.41, 5.74) is 1.56. The standard InChI is InChI=1S/C31H35ClN6O5/c1-19-12-22(8-11-38(19)30(39)43-31(2,3)4)42-28-14-23-25(15-27(28)40-5)35-18-36-29(23)37-20-6-7-26(24(32)13-20)41-17-21-16-33-9-10-34-21/h6-7,9-10,13-16,18-19,22H,8,11-12,17H2,1-5H3,(H,35,36,37). The minimum absolute atomic E-state index is 0.0436. The van der Waals surface area contributed by atoms with Crippen LogP contribution >= 0.6 is 11.6 Å². The second-order valence-electron chi connectivity index (χ2n) is 11.3. The molecular weight excluding hydrogens is 572 g/mol. The maximum absolute atomic E-state index is 12.7. The van der Waals surface area contributed by atoms with E-state index in [1.165, 1.54) is 6.33 Å². The van der Waals surface area contributed by atoms with E-state index in [-0.39, 0.29) is 24.8 Å². The van der Waals surface area contributed by atoms with Gasteiger partial charge in [-0.2, -0.15) is 0 Å². The number of aromatic nitrogens is 4.